The Morgan fingerprint density at radius 2 is 1.64 bits per heavy atom. The third-order valence-electron chi connectivity index (χ3n) is 4.28. The van der Waals surface area contributed by atoms with Gasteiger partial charge < -0.3 is 20.3 Å². The molecule has 0 saturated heterocycles. The number of ether oxygens (including phenoxy) is 1. The number of aliphatic hydroxyl groups is 2. The van der Waals surface area contributed by atoms with Crippen molar-refractivity contribution in [2.45, 2.75) is 13.5 Å². The summed E-state index contributed by atoms with van der Waals surface area (Å²) in [5.74, 6) is -0.136. The number of anilines is 1. The fourth-order valence-electron chi connectivity index (χ4n) is 2.66. The maximum atomic E-state index is 12.6. The highest BCUT2D eigenvalue weighted by Crippen LogP contribution is 2.25. The van der Waals surface area contributed by atoms with Gasteiger partial charge in [-0.1, -0.05) is 36.9 Å². The molecule has 2 aromatic carbocycles. The van der Waals surface area contributed by atoms with Crippen LogP contribution in [-0.2, 0) is 11.4 Å². The number of amides is 1. The zero-order valence-electron chi connectivity index (χ0n) is 15.5. The zero-order valence-corrected chi connectivity index (χ0v) is 15.5. The van der Waals surface area contributed by atoms with Gasteiger partial charge in [0.15, 0.2) is 0 Å². The lowest BCUT2D eigenvalue weighted by atomic mass is 10.1. The van der Waals surface area contributed by atoms with Crippen LogP contribution in [0.4, 0.5) is 5.69 Å². The molecule has 0 fully saturated rings. The molecule has 3 rings (SSSR count). The van der Waals surface area contributed by atoms with E-state index >= 15 is 0 Å². The molecular formula is C23H21NO4. The van der Waals surface area contributed by atoms with Gasteiger partial charge in [-0.05, 0) is 54.5 Å². The van der Waals surface area contributed by atoms with Crippen molar-refractivity contribution in [1.29, 1.82) is 0 Å². The Bertz CT molecular complexity index is 983. The minimum Gasteiger partial charge on any atom is -0.507 e. The van der Waals surface area contributed by atoms with Crippen LogP contribution in [0.2, 0.25) is 0 Å². The van der Waals surface area contributed by atoms with Gasteiger partial charge in [-0.15, -0.1) is 0 Å². The highest BCUT2D eigenvalue weighted by molar-refractivity contribution is 6.07. The van der Waals surface area contributed by atoms with Gasteiger partial charge in [0.1, 0.15) is 23.9 Å². The largest absolute Gasteiger partial charge is 0.507 e. The van der Waals surface area contributed by atoms with E-state index in [-0.39, 0.29) is 22.7 Å². The first kappa shape index (κ1) is 19.0. The molecule has 0 spiro atoms. The van der Waals surface area contributed by atoms with Crippen molar-refractivity contribution in [3.63, 3.8) is 0 Å². The number of rotatable bonds is 5. The number of carbonyl (C=O) groups is 1. The lowest BCUT2D eigenvalue weighted by molar-refractivity contribution is -0.112. The quantitative estimate of drug-likeness (QED) is 0.689. The topological polar surface area (TPSA) is 78.8 Å². The monoisotopic (exact) mass is 375 g/mol. The average molecular weight is 375 g/mol. The molecule has 142 valence electrons. The van der Waals surface area contributed by atoms with Gasteiger partial charge in [-0.2, -0.15) is 0 Å². The van der Waals surface area contributed by atoms with Crippen molar-refractivity contribution in [3.8, 4) is 5.75 Å². The number of nitrogens with one attached hydrogen (secondary N) is 1. The second-order valence-electron chi connectivity index (χ2n) is 6.39. The van der Waals surface area contributed by atoms with E-state index < -0.39 is 5.91 Å². The van der Waals surface area contributed by atoms with Gasteiger partial charge in [-0.25, -0.2) is 0 Å². The molecule has 0 heterocycles. The number of benzene rings is 2. The van der Waals surface area contributed by atoms with Crippen LogP contribution in [0.3, 0.4) is 0 Å². The van der Waals surface area contributed by atoms with E-state index in [2.05, 4.69) is 11.9 Å². The first-order valence-corrected chi connectivity index (χ1v) is 8.74. The third kappa shape index (κ3) is 4.51. The fraction of sp³-hybridized carbons (Fsp3) is 0.0870. The summed E-state index contributed by atoms with van der Waals surface area (Å²) in [6, 6.07) is 16.9. The molecule has 0 saturated carbocycles. The molecule has 0 aliphatic heterocycles. The number of aliphatic hydroxyl groups excluding tert-OH is 2. The maximum Gasteiger partial charge on any atom is 0.256 e. The minimum atomic E-state index is -0.402. The second-order valence-corrected chi connectivity index (χ2v) is 6.39. The highest BCUT2D eigenvalue weighted by atomic mass is 16.5. The van der Waals surface area contributed by atoms with Crippen LogP contribution >= 0.6 is 0 Å². The molecular weight excluding hydrogens is 354 g/mol. The van der Waals surface area contributed by atoms with Crippen LogP contribution in [0.1, 0.15) is 12.5 Å². The van der Waals surface area contributed by atoms with E-state index in [1.54, 1.807) is 31.2 Å². The molecule has 28 heavy (non-hydrogen) atoms. The summed E-state index contributed by atoms with van der Waals surface area (Å²) in [5.41, 5.74) is 2.49. The Labute approximate surface area is 163 Å². The van der Waals surface area contributed by atoms with Crippen molar-refractivity contribution >= 4 is 11.6 Å². The van der Waals surface area contributed by atoms with Gasteiger partial charge in [-0.3, -0.25) is 4.79 Å². The molecule has 0 radical (unpaired) electrons. The molecule has 5 heteroatoms. The Balaban J connectivity index is 1.67. The molecule has 5 nitrogen and oxygen atoms in total. The fourth-order valence-corrected chi connectivity index (χ4v) is 2.66. The van der Waals surface area contributed by atoms with Crippen LogP contribution in [0.5, 0.6) is 5.75 Å². The Morgan fingerprint density at radius 3 is 2.32 bits per heavy atom. The second kappa shape index (κ2) is 8.31. The van der Waals surface area contributed by atoms with Crippen LogP contribution in [0.15, 0.2) is 102 Å². The van der Waals surface area contributed by atoms with Crippen LogP contribution in [0.25, 0.3) is 0 Å². The summed E-state index contributed by atoms with van der Waals surface area (Å²) >= 11 is 0. The molecule has 0 unspecified atom stereocenters. The maximum absolute atomic E-state index is 12.6. The SMILES string of the molecule is C=C1C(O)=CC(C)=C(C(=O)Nc2ccc(OCc3ccccc3)cc2)C=C1O. The zero-order chi connectivity index (χ0) is 20.1. The lowest BCUT2D eigenvalue weighted by Crippen LogP contribution is -2.14. The standard InChI is InChI=1S/C23H21NO4/c1-15-12-21(25)16(2)22(26)13-20(15)23(27)24-18-8-10-19(11-9-18)28-14-17-6-4-3-5-7-17/h3-13,25-26H,2,14H2,1H3,(H,24,27). The van der Waals surface area contributed by atoms with Gasteiger partial charge in [0.25, 0.3) is 5.91 Å². The minimum absolute atomic E-state index is 0.0714. The van der Waals surface area contributed by atoms with Gasteiger partial charge in [0, 0.05) is 11.3 Å². The number of allylic oxidation sites excluding steroid dienone is 2. The van der Waals surface area contributed by atoms with Crippen molar-refractivity contribution in [3.05, 3.63) is 107 Å². The van der Waals surface area contributed by atoms with Gasteiger partial charge >= 0.3 is 0 Å². The Hall–Kier alpha value is -3.73. The summed E-state index contributed by atoms with van der Waals surface area (Å²) in [4.78, 5) is 12.6. The van der Waals surface area contributed by atoms with E-state index in [1.807, 2.05) is 30.3 Å². The molecule has 0 atom stereocenters. The summed E-state index contributed by atoms with van der Waals surface area (Å²) in [7, 11) is 0. The molecule has 1 aliphatic carbocycles. The Morgan fingerprint density at radius 1 is 1.00 bits per heavy atom. The van der Waals surface area contributed by atoms with Crippen molar-refractivity contribution in [1.82, 2.24) is 0 Å². The van der Waals surface area contributed by atoms with Crippen molar-refractivity contribution in [2.24, 2.45) is 0 Å². The van der Waals surface area contributed by atoms with Crippen LogP contribution in [-0.4, -0.2) is 16.1 Å². The smallest absolute Gasteiger partial charge is 0.256 e. The van der Waals surface area contributed by atoms with E-state index in [9.17, 15) is 15.0 Å². The summed E-state index contributed by atoms with van der Waals surface area (Å²) in [5, 5.41) is 22.6. The molecule has 0 bridgehead atoms. The van der Waals surface area contributed by atoms with Gasteiger partial charge in [0.05, 0.1) is 5.57 Å². The van der Waals surface area contributed by atoms with Crippen molar-refractivity contribution < 1.29 is 19.7 Å². The molecule has 3 N–H and O–H groups in total. The summed E-state index contributed by atoms with van der Waals surface area (Å²) in [6.07, 6.45) is 2.70. The summed E-state index contributed by atoms with van der Waals surface area (Å²) < 4.78 is 5.73. The first-order chi connectivity index (χ1) is 13.4. The van der Waals surface area contributed by atoms with Crippen LogP contribution in [0, 0.1) is 0 Å². The summed E-state index contributed by atoms with van der Waals surface area (Å²) in [6.45, 7) is 5.72. The average Bonchev–Trinajstić information content (AvgIpc) is 2.79. The normalized spacial score (nSPS) is 14.1. The van der Waals surface area contributed by atoms with E-state index in [4.69, 9.17) is 4.74 Å². The van der Waals surface area contributed by atoms with E-state index in [1.165, 1.54) is 12.2 Å². The number of hydrogen-bond acceptors (Lipinski definition) is 4. The molecule has 0 aromatic heterocycles. The predicted octanol–water partition coefficient (Wildman–Crippen LogP) is 4.97. The van der Waals surface area contributed by atoms with E-state index in [0.29, 0.717) is 23.6 Å². The molecule has 2 aromatic rings. The number of hydrogen-bond donors (Lipinski definition) is 3. The number of carbonyl (C=O) groups excluding carboxylic acids is 1. The lowest BCUT2D eigenvalue weighted by Gasteiger charge is -2.10. The van der Waals surface area contributed by atoms with Gasteiger partial charge in [0.2, 0.25) is 0 Å². The molecule has 1 amide bonds. The first-order valence-electron chi connectivity index (χ1n) is 8.74. The third-order valence-corrected chi connectivity index (χ3v) is 4.28. The van der Waals surface area contributed by atoms with Crippen molar-refractivity contribution in [2.75, 3.05) is 5.32 Å². The van der Waals surface area contributed by atoms with Crippen LogP contribution < -0.4 is 10.1 Å². The van der Waals surface area contributed by atoms with E-state index in [0.717, 1.165) is 5.56 Å². The molecule has 1 aliphatic rings. The Kier molecular flexibility index (Phi) is 5.65. The predicted molar refractivity (Wildman–Crippen MR) is 109 cm³/mol. The highest BCUT2D eigenvalue weighted by Gasteiger charge is 2.18.